The normalized spacial score (nSPS) is 22.8. The molecule has 1 aromatic heterocycles. The molecular formula is C22H24N4O3. The summed E-state index contributed by atoms with van der Waals surface area (Å²) < 4.78 is 5.52. The number of piperidine rings is 1. The zero-order chi connectivity index (χ0) is 20.8. The van der Waals surface area contributed by atoms with Crippen LogP contribution in [0.3, 0.4) is 0 Å². The monoisotopic (exact) mass is 392 g/mol. The van der Waals surface area contributed by atoms with Gasteiger partial charge < -0.3 is 15.0 Å². The van der Waals surface area contributed by atoms with Crippen molar-refractivity contribution in [2.75, 3.05) is 13.7 Å². The van der Waals surface area contributed by atoms with Gasteiger partial charge >= 0.3 is 0 Å². The minimum atomic E-state index is -0.464. The lowest BCUT2D eigenvalue weighted by atomic mass is 9.95. The molecule has 150 valence electrons. The summed E-state index contributed by atoms with van der Waals surface area (Å²) in [7, 11) is 1.65. The van der Waals surface area contributed by atoms with Crippen molar-refractivity contribution in [2.45, 2.75) is 44.4 Å². The van der Waals surface area contributed by atoms with Gasteiger partial charge in [0.15, 0.2) is 0 Å². The predicted molar refractivity (Wildman–Crippen MR) is 107 cm³/mol. The number of ether oxygens (including phenoxy) is 1. The summed E-state index contributed by atoms with van der Waals surface area (Å²) in [5.74, 6) is -0.0732. The van der Waals surface area contributed by atoms with Crippen molar-refractivity contribution in [3.05, 3.63) is 41.6 Å². The number of likely N-dealkylation sites (tertiary alicyclic amines) is 1. The first-order chi connectivity index (χ1) is 13.9. The molecule has 0 radical (unpaired) electrons. The number of amides is 2. The number of hydrogen-bond acceptors (Lipinski definition) is 5. The van der Waals surface area contributed by atoms with Crippen LogP contribution in [0.15, 0.2) is 30.5 Å². The zero-order valence-electron chi connectivity index (χ0n) is 16.8. The highest BCUT2D eigenvalue weighted by Crippen LogP contribution is 2.47. The smallest absolute Gasteiger partial charge is 0.252 e. The SMILES string of the molecule is COC(C)(C)c1ccc2c(C(=O)NCC(=O)N3[C@H](C#N)C[C@@H]4C[C@@H]43)ccnc2c1. The standard InChI is InChI=1S/C22H24N4O3/c1-22(2,29-3)14-4-5-16-17(6-7-24-18(16)10-14)21(28)25-12-20(27)26-15(11-23)8-13-9-19(13)26/h4-7,10,13,15,19H,8-9,12H2,1-3H3,(H,25,28)/t13-,15+,19+/m1/s1. The summed E-state index contributed by atoms with van der Waals surface area (Å²) in [4.78, 5) is 31.4. The number of methoxy groups -OCH3 is 1. The van der Waals surface area contributed by atoms with E-state index >= 15 is 0 Å². The van der Waals surface area contributed by atoms with Gasteiger partial charge in [0.2, 0.25) is 5.91 Å². The number of carbonyl (C=O) groups excluding carboxylic acids is 2. The third-order valence-electron chi connectivity index (χ3n) is 6.13. The van der Waals surface area contributed by atoms with E-state index in [1.165, 1.54) is 0 Å². The molecule has 2 fully saturated rings. The van der Waals surface area contributed by atoms with Crippen molar-refractivity contribution in [3.8, 4) is 6.07 Å². The molecule has 4 rings (SSSR count). The number of rotatable bonds is 5. The molecule has 7 nitrogen and oxygen atoms in total. The quantitative estimate of drug-likeness (QED) is 0.843. The largest absolute Gasteiger partial charge is 0.374 e. The Morgan fingerprint density at radius 3 is 2.86 bits per heavy atom. The van der Waals surface area contributed by atoms with Crippen LogP contribution in [0.1, 0.15) is 42.6 Å². The number of benzene rings is 1. The number of nitriles is 1. The van der Waals surface area contributed by atoms with Gasteiger partial charge in [0.05, 0.1) is 29.3 Å². The van der Waals surface area contributed by atoms with E-state index in [2.05, 4.69) is 16.4 Å². The van der Waals surface area contributed by atoms with Gasteiger partial charge in [-0.05, 0) is 50.3 Å². The maximum absolute atomic E-state index is 12.8. The third-order valence-corrected chi connectivity index (χ3v) is 6.13. The Balaban J connectivity index is 1.50. The third kappa shape index (κ3) is 3.45. The van der Waals surface area contributed by atoms with Gasteiger partial charge in [0.1, 0.15) is 6.04 Å². The van der Waals surface area contributed by atoms with E-state index in [1.807, 2.05) is 32.0 Å². The second-order valence-electron chi connectivity index (χ2n) is 8.23. The van der Waals surface area contributed by atoms with Crippen LogP contribution in [0.25, 0.3) is 10.9 Å². The second kappa shape index (κ2) is 7.12. The van der Waals surface area contributed by atoms with Gasteiger partial charge in [0, 0.05) is 24.7 Å². The highest BCUT2D eigenvalue weighted by atomic mass is 16.5. The summed E-state index contributed by atoms with van der Waals surface area (Å²) in [6.07, 6.45) is 3.30. The molecule has 1 aliphatic carbocycles. The molecule has 7 heteroatoms. The van der Waals surface area contributed by atoms with E-state index in [4.69, 9.17) is 4.74 Å². The summed E-state index contributed by atoms with van der Waals surface area (Å²) in [5, 5.41) is 12.7. The van der Waals surface area contributed by atoms with Crippen molar-refractivity contribution in [3.63, 3.8) is 0 Å². The molecule has 2 amide bonds. The molecular weight excluding hydrogens is 368 g/mol. The van der Waals surface area contributed by atoms with Crippen molar-refractivity contribution >= 4 is 22.7 Å². The van der Waals surface area contributed by atoms with Gasteiger partial charge in [-0.15, -0.1) is 0 Å². The first-order valence-corrected chi connectivity index (χ1v) is 9.79. The molecule has 2 aliphatic rings. The molecule has 1 saturated heterocycles. The minimum Gasteiger partial charge on any atom is -0.374 e. The number of aromatic nitrogens is 1. The Bertz CT molecular complexity index is 1030. The predicted octanol–water partition coefficient (Wildman–Crippen LogP) is 2.36. The van der Waals surface area contributed by atoms with Crippen molar-refractivity contribution in [1.82, 2.24) is 15.2 Å². The molecule has 1 aromatic carbocycles. The van der Waals surface area contributed by atoms with Crippen molar-refractivity contribution in [1.29, 1.82) is 5.26 Å². The maximum atomic E-state index is 12.8. The second-order valence-corrected chi connectivity index (χ2v) is 8.23. The number of nitrogens with zero attached hydrogens (tertiary/aromatic N) is 3. The average Bonchev–Trinajstić information content (AvgIpc) is 3.40. The molecule has 1 aliphatic heterocycles. The molecule has 0 bridgehead atoms. The Kier molecular flexibility index (Phi) is 4.75. The fourth-order valence-corrected chi connectivity index (χ4v) is 4.11. The van der Waals surface area contributed by atoms with Crippen LogP contribution in [-0.4, -0.2) is 47.4 Å². The number of pyridine rings is 1. The molecule has 0 unspecified atom stereocenters. The highest BCUT2D eigenvalue weighted by molar-refractivity contribution is 6.07. The lowest BCUT2D eigenvalue weighted by Gasteiger charge is -2.24. The van der Waals surface area contributed by atoms with E-state index in [-0.39, 0.29) is 30.4 Å². The number of fused-ring (bicyclic) bond motifs is 2. The first kappa shape index (κ1) is 19.3. The van der Waals surface area contributed by atoms with Gasteiger partial charge in [-0.3, -0.25) is 14.6 Å². The van der Waals surface area contributed by atoms with Crippen LogP contribution in [0, 0.1) is 17.2 Å². The van der Waals surface area contributed by atoms with E-state index in [0.717, 1.165) is 18.4 Å². The number of nitrogens with one attached hydrogen (secondary N) is 1. The minimum absolute atomic E-state index is 0.112. The topological polar surface area (TPSA) is 95.3 Å². The van der Waals surface area contributed by atoms with Crippen LogP contribution in [-0.2, 0) is 15.1 Å². The molecule has 1 saturated carbocycles. The molecule has 2 heterocycles. The summed E-state index contributed by atoms with van der Waals surface area (Å²) in [5.41, 5.74) is 1.65. The summed E-state index contributed by atoms with van der Waals surface area (Å²) in [6, 6.07) is 9.34. The van der Waals surface area contributed by atoms with E-state index < -0.39 is 5.60 Å². The number of hydrogen-bond donors (Lipinski definition) is 1. The van der Waals surface area contributed by atoms with Crippen molar-refractivity contribution < 1.29 is 14.3 Å². The molecule has 29 heavy (non-hydrogen) atoms. The average molecular weight is 392 g/mol. The van der Waals surface area contributed by atoms with Gasteiger partial charge in [0.25, 0.3) is 5.91 Å². The number of carbonyl (C=O) groups is 2. The van der Waals surface area contributed by atoms with Crippen LogP contribution >= 0.6 is 0 Å². The van der Waals surface area contributed by atoms with Gasteiger partial charge in [-0.25, -0.2) is 0 Å². The summed E-state index contributed by atoms with van der Waals surface area (Å²) >= 11 is 0. The van der Waals surface area contributed by atoms with Crippen LogP contribution in [0.4, 0.5) is 0 Å². The molecule has 1 N–H and O–H groups in total. The van der Waals surface area contributed by atoms with Crippen LogP contribution < -0.4 is 5.32 Å². The van der Waals surface area contributed by atoms with Crippen molar-refractivity contribution in [2.24, 2.45) is 5.92 Å². The van der Waals surface area contributed by atoms with E-state index in [1.54, 1.807) is 24.3 Å². The Morgan fingerprint density at radius 1 is 1.34 bits per heavy atom. The summed E-state index contributed by atoms with van der Waals surface area (Å²) in [6.45, 7) is 3.82. The Morgan fingerprint density at radius 2 is 2.14 bits per heavy atom. The fourth-order valence-electron chi connectivity index (χ4n) is 4.11. The van der Waals surface area contributed by atoms with Crippen LogP contribution in [0.5, 0.6) is 0 Å². The lowest BCUT2D eigenvalue weighted by Crippen LogP contribution is -2.44. The zero-order valence-corrected chi connectivity index (χ0v) is 16.8. The Labute approximate surface area is 169 Å². The maximum Gasteiger partial charge on any atom is 0.252 e. The van der Waals surface area contributed by atoms with Gasteiger partial charge in [-0.1, -0.05) is 12.1 Å². The van der Waals surface area contributed by atoms with E-state index in [9.17, 15) is 14.9 Å². The molecule has 3 atom stereocenters. The first-order valence-electron chi connectivity index (χ1n) is 9.79. The van der Waals surface area contributed by atoms with Crippen LogP contribution in [0.2, 0.25) is 0 Å². The molecule has 2 aromatic rings. The van der Waals surface area contributed by atoms with E-state index in [0.29, 0.717) is 22.4 Å². The van der Waals surface area contributed by atoms with Gasteiger partial charge in [-0.2, -0.15) is 5.26 Å². The highest BCUT2D eigenvalue weighted by Gasteiger charge is 2.53. The molecule has 0 spiro atoms. The lowest BCUT2D eigenvalue weighted by molar-refractivity contribution is -0.131. The Hall–Kier alpha value is -2.98. The fraction of sp³-hybridized carbons (Fsp3) is 0.455.